The van der Waals surface area contributed by atoms with Crippen LogP contribution in [0.3, 0.4) is 0 Å². The molecule has 1 aromatic rings. The molecule has 0 amide bonds. The van der Waals surface area contributed by atoms with Crippen LogP contribution in [0.25, 0.3) is 4.98 Å². The van der Waals surface area contributed by atoms with Crippen LogP contribution in [0.5, 0.6) is 0 Å². The second-order valence-electron chi connectivity index (χ2n) is 3.78. The van der Waals surface area contributed by atoms with E-state index in [2.05, 4.69) is 4.98 Å². The van der Waals surface area contributed by atoms with Crippen LogP contribution in [0.4, 0.5) is 5.69 Å². The molecule has 0 spiro atoms. The van der Waals surface area contributed by atoms with Crippen molar-refractivity contribution in [2.24, 2.45) is 0 Å². The molecule has 0 unspecified atom stereocenters. The highest BCUT2D eigenvalue weighted by Crippen LogP contribution is 2.15. The molecule has 0 saturated heterocycles. The first-order valence-corrected chi connectivity index (χ1v) is 5.49. The van der Waals surface area contributed by atoms with Crippen molar-refractivity contribution in [3.8, 4) is 6.07 Å². The number of hydrogen-bond acceptors (Lipinski definition) is 5. The Morgan fingerprint density at radius 2 is 2.05 bits per heavy atom. The molecule has 19 heavy (non-hydrogen) atoms. The van der Waals surface area contributed by atoms with E-state index < -0.39 is 10.6 Å². The monoisotopic (exact) mass is 259 g/mol. The Labute approximate surface area is 109 Å². The molecule has 96 valence electrons. The number of aryl methyl sites for hydroxylation is 1. The Morgan fingerprint density at radius 1 is 1.42 bits per heavy atom. The number of rotatable bonds is 5. The number of allylic oxidation sites excluding steroid dienone is 2. The third-order valence-electron chi connectivity index (χ3n) is 2.51. The minimum absolute atomic E-state index is 0.0253. The predicted octanol–water partition coefficient (Wildman–Crippen LogP) is 3.06. The van der Waals surface area contributed by atoms with Gasteiger partial charge in [0.1, 0.15) is 0 Å². The van der Waals surface area contributed by atoms with Crippen molar-refractivity contribution in [2.75, 3.05) is 0 Å². The molecule has 0 bridgehead atoms. The van der Waals surface area contributed by atoms with Crippen LogP contribution in [-0.4, -0.2) is 10.0 Å². The summed E-state index contributed by atoms with van der Waals surface area (Å²) in [7, 11) is 0. The van der Waals surface area contributed by atoms with E-state index in [0.29, 0.717) is 12.8 Å². The van der Waals surface area contributed by atoms with Crippen LogP contribution in [-0.2, 0) is 6.42 Å². The van der Waals surface area contributed by atoms with E-state index in [-0.39, 0.29) is 17.9 Å². The van der Waals surface area contributed by atoms with E-state index in [9.17, 15) is 15.2 Å². The van der Waals surface area contributed by atoms with Crippen molar-refractivity contribution in [3.05, 3.63) is 56.4 Å². The normalized spacial score (nSPS) is 11.1. The van der Waals surface area contributed by atoms with Crippen LogP contribution in [0.15, 0.2) is 35.7 Å². The molecule has 0 atom stereocenters. The maximum atomic E-state index is 10.5. The molecular weight excluding hydrogens is 248 g/mol. The largest absolute Gasteiger partial charge is 0.504 e. The topological polar surface area (TPSA) is 115 Å². The zero-order valence-corrected chi connectivity index (χ0v) is 9.98. The van der Waals surface area contributed by atoms with Gasteiger partial charge in [0.15, 0.2) is 11.0 Å². The zero-order valence-electron chi connectivity index (χ0n) is 9.98. The third kappa shape index (κ3) is 4.10. The van der Waals surface area contributed by atoms with Gasteiger partial charge < -0.3 is 5.11 Å². The van der Waals surface area contributed by atoms with Crippen molar-refractivity contribution in [1.82, 2.24) is 0 Å². The molecular formula is C12H11N4O3+. The Balaban J connectivity index is 2.55. The van der Waals surface area contributed by atoms with Crippen LogP contribution in [0, 0.1) is 26.8 Å². The van der Waals surface area contributed by atoms with Gasteiger partial charge in [0.2, 0.25) is 11.2 Å². The smallest absolute Gasteiger partial charge is 0.497 e. The maximum Gasteiger partial charge on any atom is 0.497 e. The van der Waals surface area contributed by atoms with Crippen LogP contribution < -0.4 is 0 Å². The van der Waals surface area contributed by atoms with Crippen LogP contribution in [0.2, 0.25) is 0 Å². The molecule has 0 aliphatic heterocycles. The molecule has 0 heterocycles. The van der Waals surface area contributed by atoms with E-state index in [1.54, 1.807) is 18.2 Å². The average Bonchev–Trinajstić information content (AvgIpc) is 2.40. The fourth-order valence-electron chi connectivity index (χ4n) is 1.51. The fraction of sp³-hybridized carbons (Fsp3) is 0.250. The molecule has 1 aromatic carbocycles. The number of nitrogens with zero attached hydrogens (tertiary/aromatic N) is 4. The first kappa shape index (κ1) is 14.1. The first-order valence-electron chi connectivity index (χ1n) is 5.49. The highest BCUT2D eigenvalue weighted by atomic mass is 16.6. The summed E-state index contributed by atoms with van der Waals surface area (Å²) in [5.41, 5.74) is 0.513. The Kier molecular flexibility index (Phi) is 5.00. The van der Waals surface area contributed by atoms with Crippen molar-refractivity contribution in [1.29, 1.82) is 10.7 Å². The summed E-state index contributed by atoms with van der Waals surface area (Å²) >= 11 is 0. The van der Waals surface area contributed by atoms with Crippen molar-refractivity contribution < 1.29 is 10.0 Å². The van der Waals surface area contributed by atoms with E-state index in [1.807, 2.05) is 0 Å². The number of nitro groups is 1. The van der Waals surface area contributed by atoms with Crippen LogP contribution in [0.1, 0.15) is 18.4 Å². The number of benzene rings is 1. The Bertz CT molecular complexity index is 562. The summed E-state index contributed by atoms with van der Waals surface area (Å²) in [5.74, 6) is -0.271. The van der Waals surface area contributed by atoms with E-state index in [1.165, 1.54) is 12.1 Å². The van der Waals surface area contributed by atoms with Gasteiger partial charge in [0.05, 0.1) is 4.92 Å². The Hall–Kier alpha value is -2.93. The van der Waals surface area contributed by atoms with Gasteiger partial charge in [-0.1, -0.05) is 12.1 Å². The fourth-order valence-corrected chi connectivity index (χ4v) is 1.51. The number of nitriles is 1. The predicted molar refractivity (Wildman–Crippen MR) is 66.4 cm³/mol. The summed E-state index contributed by atoms with van der Waals surface area (Å²) in [6.07, 6.45) is 1.32. The molecule has 0 fully saturated rings. The number of nitro benzene ring substituents is 1. The standard InChI is InChI=1S/C12H10N4O3/c13-8-11(15-14)12(17)3-1-2-9-4-6-10(7-5-9)16(18)19/h4-7H,1-3H2/p+1/b12-11+. The highest BCUT2D eigenvalue weighted by Gasteiger charge is 2.16. The average molecular weight is 259 g/mol. The number of non-ortho nitro benzene ring substituents is 1. The van der Waals surface area contributed by atoms with Gasteiger partial charge in [-0.25, -0.2) is 0 Å². The van der Waals surface area contributed by atoms with E-state index in [0.717, 1.165) is 5.56 Å². The lowest BCUT2D eigenvalue weighted by Gasteiger charge is -1.99. The van der Waals surface area contributed by atoms with Gasteiger partial charge in [-0.15, -0.1) is 0 Å². The molecule has 0 aliphatic carbocycles. The summed E-state index contributed by atoms with van der Waals surface area (Å²) in [6.45, 7) is 0. The first-order chi connectivity index (χ1) is 9.08. The van der Waals surface area contributed by atoms with Gasteiger partial charge >= 0.3 is 5.70 Å². The number of aliphatic hydroxyl groups is 1. The van der Waals surface area contributed by atoms with Gasteiger partial charge in [0.25, 0.3) is 5.69 Å². The van der Waals surface area contributed by atoms with Crippen LogP contribution >= 0.6 is 0 Å². The molecule has 1 rings (SSSR count). The molecule has 0 aliphatic rings. The van der Waals surface area contributed by atoms with Gasteiger partial charge in [0, 0.05) is 18.6 Å². The van der Waals surface area contributed by atoms with Crippen molar-refractivity contribution >= 4 is 5.69 Å². The minimum Gasteiger partial charge on any atom is -0.504 e. The van der Waals surface area contributed by atoms with E-state index >= 15 is 0 Å². The van der Waals surface area contributed by atoms with Gasteiger partial charge in [-0.05, 0) is 18.4 Å². The quantitative estimate of drug-likeness (QED) is 0.287. The zero-order chi connectivity index (χ0) is 14.3. The summed E-state index contributed by atoms with van der Waals surface area (Å²) < 4.78 is 0. The lowest BCUT2D eigenvalue weighted by atomic mass is 10.1. The lowest BCUT2D eigenvalue weighted by Crippen LogP contribution is -1.92. The second kappa shape index (κ2) is 6.72. The molecule has 0 saturated carbocycles. The number of hydrogen-bond donors (Lipinski definition) is 1. The van der Waals surface area contributed by atoms with E-state index in [4.69, 9.17) is 10.7 Å². The molecule has 0 radical (unpaired) electrons. The highest BCUT2D eigenvalue weighted by molar-refractivity contribution is 5.33. The summed E-state index contributed by atoms with van der Waals surface area (Å²) in [5, 5.41) is 36.8. The SMILES string of the molecule is N#C/C([N+]#N)=C(\O)CCCc1ccc([N+](=O)[O-])cc1. The molecule has 7 heteroatoms. The molecule has 1 N–H and O–H groups in total. The van der Waals surface area contributed by atoms with Crippen molar-refractivity contribution in [3.63, 3.8) is 0 Å². The second-order valence-corrected chi connectivity index (χ2v) is 3.78. The summed E-state index contributed by atoms with van der Waals surface area (Å²) in [6, 6.07) is 7.66. The lowest BCUT2D eigenvalue weighted by molar-refractivity contribution is -0.384. The van der Waals surface area contributed by atoms with Gasteiger partial charge in [-0.3, -0.25) is 10.1 Å². The maximum absolute atomic E-state index is 10.5. The minimum atomic E-state index is -0.472. The van der Waals surface area contributed by atoms with Crippen molar-refractivity contribution in [2.45, 2.75) is 19.3 Å². The summed E-state index contributed by atoms with van der Waals surface area (Å²) in [4.78, 5) is 12.6. The molecule has 7 nitrogen and oxygen atoms in total. The Morgan fingerprint density at radius 3 is 2.53 bits per heavy atom. The number of diazo groups is 1. The van der Waals surface area contributed by atoms with Gasteiger partial charge in [-0.2, -0.15) is 5.26 Å². The molecule has 0 aromatic heterocycles. The third-order valence-corrected chi connectivity index (χ3v) is 2.51. The number of aliphatic hydroxyl groups excluding tert-OH is 1.